The summed E-state index contributed by atoms with van der Waals surface area (Å²) in [5.74, 6) is 0.287. The number of thioether (sulfide) groups is 1. The van der Waals surface area contributed by atoms with Crippen LogP contribution in [0, 0.1) is 17.8 Å². The van der Waals surface area contributed by atoms with E-state index in [0.717, 1.165) is 50.4 Å². The molecule has 0 aliphatic rings. The van der Waals surface area contributed by atoms with Crippen LogP contribution < -0.4 is 4.18 Å². The first-order valence-electron chi connectivity index (χ1n) is 16.1. The summed E-state index contributed by atoms with van der Waals surface area (Å²) in [5.41, 5.74) is 5.39. The molecule has 4 nitrogen and oxygen atoms in total. The first-order chi connectivity index (χ1) is 22.1. The minimum absolute atomic E-state index is 0.0315. The molecule has 0 amide bonds. The maximum absolute atomic E-state index is 13.8. The van der Waals surface area contributed by atoms with Crippen LogP contribution in [-0.2, 0) is 23.0 Å². The summed E-state index contributed by atoms with van der Waals surface area (Å²) in [5, 5.41) is 6.01. The first kappa shape index (κ1) is 33.0. The molecule has 242 valence electrons. The highest BCUT2D eigenvalue weighted by Gasteiger charge is 2.26. The zero-order valence-electron chi connectivity index (χ0n) is 28.6. The van der Waals surface area contributed by atoms with Crippen molar-refractivity contribution in [2.24, 2.45) is 10.8 Å². The topological polar surface area (TPSA) is 56.3 Å². The predicted octanol–water partition coefficient (Wildman–Crippen LogP) is 11.2. The average Bonchev–Trinajstić information content (AvgIpc) is 2.99. The lowest BCUT2D eigenvalue weighted by Gasteiger charge is -2.24. The monoisotopic (exact) mass is 661 g/mol. The molecule has 0 atom stereocenters. The molecule has 0 saturated heterocycles. The lowest BCUT2D eigenvalue weighted by molar-refractivity contribution is 0.410. The van der Waals surface area contributed by atoms with E-state index in [-0.39, 0.29) is 21.5 Å². The van der Waals surface area contributed by atoms with Crippen LogP contribution in [0.15, 0.2) is 101 Å². The summed E-state index contributed by atoms with van der Waals surface area (Å²) in [6, 6.07) is 27.5. The molecule has 0 aliphatic heterocycles. The van der Waals surface area contributed by atoms with E-state index in [4.69, 9.17) is 9.17 Å². The van der Waals surface area contributed by atoms with Gasteiger partial charge in [0.2, 0.25) is 0 Å². The Kier molecular flexibility index (Phi) is 8.65. The van der Waals surface area contributed by atoms with E-state index in [1.165, 1.54) is 16.5 Å². The van der Waals surface area contributed by atoms with Gasteiger partial charge in [0.1, 0.15) is 4.90 Å². The van der Waals surface area contributed by atoms with Crippen LogP contribution in [-0.4, -0.2) is 19.7 Å². The van der Waals surface area contributed by atoms with E-state index >= 15 is 0 Å². The third kappa shape index (κ3) is 6.77. The van der Waals surface area contributed by atoms with Gasteiger partial charge in [-0.25, -0.2) is 0 Å². The molecule has 0 bridgehead atoms. The highest BCUT2D eigenvalue weighted by molar-refractivity contribution is 7.98. The van der Waals surface area contributed by atoms with Gasteiger partial charge in [-0.1, -0.05) is 102 Å². The number of aryl methyl sites for hydroxylation is 1. The van der Waals surface area contributed by atoms with Crippen molar-refractivity contribution in [2.45, 2.75) is 71.1 Å². The lowest BCUT2D eigenvalue weighted by atomic mass is 9.84. The molecule has 0 radical (unpaired) electrons. The van der Waals surface area contributed by atoms with Crippen molar-refractivity contribution in [1.29, 1.82) is 0 Å². The van der Waals surface area contributed by atoms with Crippen molar-refractivity contribution in [2.75, 3.05) is 6.26 Å². The Labute approximate surface area is 283 Å². The molecule has 1 heterocycles. The summed E-state index contributed by atoms with van der Waals surface area (Å²) in [6.07, 6.45) is 5.67. The molecule has 0 saturated carbocycles. The van der Waals surface area contributed by atoms with Crippen LogP contribution in [0.25, 0.3) is 43.6 Å². The number of pyridine rings is 1. The van der Waals surface area contributed by atoms with Gasteiger partial charge in [0.05, 0.1) is 11.1 Å². The summed E-state index contributed by atoms with van der Waals surface area (Å²) < 4.78 is 33.9. The van der Waals surface area contributed by atoms with E-state index in [2.05, 4.69) is 97.2 Å². The molecule has 1 aromatic heterocycles. The maximum atomic E-state index is 13.8. The van der Waals surface area contributed by atoms with E-state index in [0.29, 0.717) is 11.1 Å². The number of hydrogen-bond acceptors (Lipinski definition) is 5. The van der Waals surface area contributed by atoms with Gasteiger partial charge in [-0.3, -0.25) is 4.98 Å². The summed E-state index contributed by atoms with van der Waals surface area (Å²) >= 11 is 1.71. The van der Waals surface area contributed by atoms with Crippen LogP contribution in [0.3, 0.4) is 0 Å². The molecular formula is C41H43NO3S2. The summed E-state index contributed by atoms with van der Waals surface area (Å²) in [4.78, 5) is 6.28. The Hall–Kier alpha value is -3.87. The normalized spacial score (nSPS) is 12.7. The molecule has 5 aromatic carbocycles. The van der Waals surface area contributed by atoms with Gasteiger partial charge < -0.3 is 4.18 Å². The minimum atomic E-state index is -4.14. The van der Waals surface area contributed by atoms with E-state index in [9.17, 15) is 8.42 Å². The fourth-order valence-electron chi connectivity index (χ4n) is 6.60. The molecule has 0 aliphatic carbocycles. The zero-order valence-corrected chi connectivity index (χ0v) is 30.2. The van der Waals surface area contributed by atoms with Crippen LogP contribution in [0.1, 0.15) is 58.2 Å². The maximum Gasteiger partial charge on any atom is 0.339 e. The van der Waals surface area contributed by atoms with E-state index in [1.54, 1.807) is 42.1 Å². The number of rotatable bonds is 7. The Morgan fingerprint density at radius 1 is 0.745 bits per heavy atom. The largest absolute Gasteiger partial charge is 0.378 e. The number of nitrogens with zero attached hydrogens (tertiary/aromatic N) is 1. The molecule has 6 heteroatoms. The van der Waals surface area contributed by atoms with Gasteiger partial charge in [0, 0.05) is 16.7 Å². The first-order valence-corrected chi connectivity index (χ1v) is 18.7. The van der Waals surface area contributed by atoms with Crippen molar-refractivity contribution in [3.63, 3.8) is 0 Å². The number of aromatic nitrogens is 1. The second kappa shape index (κ2) is 12.3. The van der Waals surface area contributed by atoms with Gasteiger partial charge >= 0.3 is 10.1 Å². The Bertz CT molecular complexity index is 2240. The third-order valence-electron chi connectivity index (χ3n) is 8.43. The molecular weight excluding hydrogens is 619 g/mol. The molecule has 0 N–H and O–H groups in total. The molecule has 6 rings (SSSR count). The lowest BCUT2D eigenvalue weighted by Crippen LogP contribution is -2.12. The molecule has 0 spiro atoms. The number of fused-ring (bicyclic) bond motifs is 4. The van der Waals surface area contributed by atoms with Crippen LogP contribution in [0.2, 0.25) is 0 Å². The van der Waals surface area contributed by atoms with Crippen LogP contribution in [0.4, 0.5) is 0 Å². The highest BCUT2D eigenvalue weighted by atomic mass is 32.2. The number of hydrogen-bond donors (Lipinski definition) is 0. The van der Waals surface area contributed by atoms with Crippen LogP contribution >= 0.6 is 11.8 Å². The quantitative estimate of drug-likeness (QED) is 0.0968. The van der Waals surface area contributed by atoms with Crippen LogP contribution in [0.5, 0.6) is 5.75 Å². The van der Waals surface area contributed by atoms with Gasteiger partial charge in [-0.05, 0) is 105 Å². The highest BCUT2D eigenvalue weighted by Crippen LogP contribution is 2.46. The van der Waals surface area contributed by atoms with Crippen molar-refractivity contribution in [1.82, 2.24) is 4.98 Å². The summed E-state index contributed by atoms with van der Waals surface area (Å²) in [7, 11) is -4.14. The predicted molar refractivity (Wildman–Crippen MR) is 199 cm³/mol. The second-order valence-electron chi connectivity index (χ2n) is 15.0. The van der Waals surface area contributed by atoms with E-state index in [1.807, 2.05) is 18.3 Å². The molecule has 47 heavy (non-hydrogen) atoms. The Balaban J connectivity index is 1.73. The van der Waals surface area contributed by atoms with Crippen molar-refractivity contribution in [3.05, 3.63) is 108 Å². The van der Waals surface area contributed by atoms with Gasteiger partial charge in [0.15, 0.2) is 5.75 Å². The average molecular weight is 662 g/mol. The minimum Gasteiger partial charge on any atom is -0.378 e. The Morgan fingerprint density at radius 2 is 1.47 bits per heavy atom. The van der Waals surface area contributed by atoms with Crippen molar-refractivity contribution in [3.8, 4) is 17.0 Å². The molecule has 0 fully saturated rings. The fourth-order valence-corrected chi connectivity index (χ4v) is 8.36. The Morgan fingerprint density at radius 3 is 2.15 bits per heavy atom. The van der Waals surface area contributed by atoms with Gasteiger partial charge in [-0.15, -0.1) is 11.8 Å². The van der Waals surface area contributed by atoms with Crippen molar-refractivity contribution >= 4 is 54.2 Å². The SMILES string of the molecule is CSc1c(-c2nccc3c2c(OS(=O)(=O)c2ccccc2)cc2c(CC(C)(C)C)cccc23)cc2cc(C)ccc2c1CC(C)(C)C. The van der Waals surface area contributed by atoms with Gasteiger partial charge in [-0.2, -0.15) is 8.42 Å². The zero-order chi connectivity index (χ0) is 33.7. The standard InChI is InChI=1S/C41H43NO3S2/c1-26-17-18-30-28(21-26)22-34(39(46-8)35(30)25-41(5,6)7)38-37-32(19-20-42-38)31-16-12-13-27(24-40(2,3)4)33(31)23-36(37)45-47(43,44)29-14-10-9-11-15-29/h9-23H,24-25H2,1-8H3. The fraction of sp³-hybridized carbons (Fsp3) is 0.293. The van der Waals surface area contributed by atoms with Crippen molar-refractivity contribution < 1.29 is 12.6 Å². The molecule has 0 unspecified atom stereocenters. The second-order valence-corrected chi connectivity index (χ2v) is 17.3. The third-order valence-corrected chi connectivity index (χ3v) is 10.6. The van der Waals surface area contributed by atoms with E-state index < -0.39 is 10.1 Å². The molecule has 6 aromatic rings. The smallest absolute Gasteiger partial charge is 0.339 e. The number of benzene rings is 5. The summed E-state index contributed by atoms with van der Waals surface area (Å²) in [6.45, 7) is 15.6. The van der Waals surface area contributed by atoms with Gasteiger partial charge in [0.25, 0.3) is 0 Å².